The van der Waals surface area contributed by atoms with Gasteiger partial charge in [0.05, 0.1) is 23.8 Å². The summed E-state index contributed by atoms with van der Waals surface area (Å²) >= 11 is 0. The summed E-state index contributed by atoms with van der Waals surface area (Å²) in [5.41, 5.74) is 2.06. The van der Waals surface area contributed by atoms with E-state index >= 15 is 0 Å². The molecule has 0 amide bonds. The van der Waals surface area contributed by atoms with Gasteiger partial charge in [-0.05, 0) is 32.9 Å². The van der Waals surface area contributed by atoms with E-state index in [1.54, 1.807) is 26.8 Å². The van der Waals surface area contributed by atoms with Crippen molar-refractivity contribution in [2.75, 3.05) is 7.11 Å². The highest BCUT2D eigenvalue weighted by molar-refractivity contribution is 6.03. The molecule has 0 aliphatic heterocycles. The maximum atomic E-state index is 12.5. The van der Waals surface area contributed by atoms with Gasteiger partial charge in [0.15, 0.2) is 0 Å². The van der Waals surface area contributed by atoms with Crippen LogP contribution >= 0.6 is 0 Å². The monoisotopic (exact) mass is 344 g/mol. The third-order valence-electron chi connectivity index (χ3n) is 3.68. The molecule has 0 aromatic carbocycles. The van der Waals surface area contributed by atoms with Crippen LogP contribution < -0.4 is 0 Å². The molecule has 0 saturated heterocycles. The third-order valence-corrected chi connectivity index (χ3v) is 3.68. The summed E-state index contributed by atoms with van der Waals surface area (Å²) in [5, 5.41) is 4.34. The normalized spacial score (nSPS) is 10.9. The number of pyridine rings is 1. The van der Waals surface area contributed by atoms with Crippen molar-refractivity contribution >= 4 is 23.0 Å². The molecule has 8 nitrogen and oxygen atoms in total. The summed E-state index contributed by atoms with van der Waals surface area (Å²) in [4.78, 5) is 28.2. The van der Waals surface area contributed by atoms with Crippen molar-refractivity contribution in [2.24, 2.45) is 0 Å². The lowest BCUT2D eigenvalue weighted by Gasteiger charge is -2.05. The molecule has 0 aliphatic carbocycles. The van der Waals surface area contributed by atoms with Crippen molar-refractivity contribution < 1.29 is 28.0 Å². The van der Waals surface area contributed by atoms with Crippen molar-refractivity contribution in [3.05, 3.63) is 46.2 Å². The maximum absolute atomic E-state index is 12.5. The average Bonchev–Trinajstić information content (AvgIpc) is 3.14. The Bertz CT molecular complexity index is 969. The zero-order valence-corrected chi connectivity index (χ0v) is 14.2. The number of hydrogen-bond acceptors (Lipinski definition) is 8. The van der Waals surface area contributed by atoms with Gasteiger partial charge < -0.3 is 18.4 Å². The fourth-order valence-electron chi connectivity index (χ4n) is 2.52. The fraction of sp³-hybridized carbons (Fsp3) is 0.294. The second-order valence-corrected chi connectivity index (χ2v) is 5.51. The highest BCUT2D eigenvalue weighted by Crippen LogP contribution is 2.23. The molecular formula is C17H16N2O6. The lowest BCUT2D eigenvalue weighted by atomic mass is 10.1. The second kappa shape index (κ2) is 6.39. The van der Waals surface area contributed by atoms with Gasteiger partial charge in [-0.2, -0.15) is 0 Å². The van der Waals surface area contributed by atoms with Gasteiger partial charge in [0.2, 0.25) is 0 Å². The van der Waals surface area contributed by atoms with Gasteiger partial charge in [-0.25, -0.2) is 14.6 Å². The van der Waals surface area contributed by atoms with E-state index in [1.807, 2.05) is 0 Å². The lowest BCUT2D eigenvalue weighted by molar-refractivity contribution is 0.0446. The van der Waals surface area contributed by atoms with Crippen LogP contribution in [-0.4, -0.2) is 29.2 Å². The van der Waals surface area contributed by atoms with Crippen molar-refractivity contribution in [3.63, 3.8) is 0 Å². The van der Waals surface area contributed by atoms with Crippen LogP contribution in [0.3, 0.4) is 0 Å². The molecule has 0 spiro atoms. The number of rotatable bonds is 4. The first-order chi connectivity index (χ1) is 11.9. The number of fused-ring (bicyclic) bond motifs is 1. The number of esters is 2. The van der Waals surface area contributed by atoms with Crippen molar-refractivity contribution in [3.8, 4) is 0 Å². The van der Waals surface area contributed by atoms with Crippen LogP contribution in [-0.2, 0) is 16.1 Å². The summed E-state index contributed by atoms with van der Waals surface area (Å²) in [7, 11) is 1.28. The summed E-state index contributed by atoms with van der Waals surface area (Å²) in [6, 6.07) is 3.11. The molecule has 25 heavy (non-hydrogen) atoms. The Morgan fingerprint density at radius 1 is 1.12 bits per heavy atom. The number of nitrogens with zero attached hydrogens (tertiary/aromatic N) is 2. The van der Waals surface area contributed by atoms with E-state index in [-0.39, 0.29) is 12.3 Å². The highest BCUT2D eigenvalue weighted by Gasteiger charge is 2.20. The minimum absolute atomic E-state index is 0.121. The summed E-state index contributed by atoms with van der Waals surface area (Å²) < 4.78 is 20.5. The molecular weight excluding hydrogens is 328 g/mol. The number of methoxy groups -OCH3 is 1. The first-order valence-electron chi connectivity index (χ1n) is 7.49. The molecule has 8 heteroatoms. The summed E-state index contributed by atoms with van der Waals surface area (Å²) in [6.45, 7) is 4.97. The second-order valence-electron chi connectivity index (χ2n) is 5.51. The first-order valence-corrected chi connectivity index (χ1v) is 7.49. The zero-order chi connectivity index (χ0) is 18.1. The van der Waals surface area contributed by atoms with Gasteiger partial charge in [0, 0.05) is 5.69 Å². The van der Waals surface area contributed by atoms with Crippen molar-refractivity contribution in [1.29, 1.82) is 0 Å². The molecule has 3 heterocycles. The zero-order valence-electron chi connectivity index (χ0n) is 14.2. The van der Waals surface area contributed by atoms with Crippen LogP contribution in [0.15, 0.2) is 21.1 Å². The van der Waals surface area contributed by atoms with E-state index < -0.39 is 11.9 Å². The number of furan rings is 1. The largest absolute Gasteiger partial charge is 0.465 e. The minimum atomic E-state index is -0.560. The summed E-state index contributed by atoms with van der Waals surface area (Å²) in [6.07, 6.45) is 0. The van der Waals surface area contributed by atoms with E-state index in [2.05, 4.69) is 14.9 Å². The smallest absolute Gasteiger partial charge is 0.341 e. The Morgan fingerprint density at radius 2 is 1.88 bits per heavy atom. The number of hydrogen-bond donors (Lipinski definition) is 0. The molecule has 0 aliphatic rings. The van der Waals surface area contributed by atoms with Crippen molar-refractivity contribution in [2.45, 2.75) is 27.4 Å². The van der Waals surface area contributed by atoms with Crippen LogP contribution in [0.2, 0.25) is 0 Å². The number of carbonyl (C=O) groups is 2. The Hall–Kier alpha value is -3.16. The number of ether oxygens (including phenoxy) is 2. The Balaban J connectivity index is 1.82. The number of aryl methyl sites for hydroxylation is 3. The van der Waals surface area contributed by atoms with Crippen LogP contribution in [0, 0.1) is 20.8 Å². The quantitative estimate of drug-likeness (QED) is 0.665. The predicted molar refractivity (Wildman–Crippen MR) is 85.2 cm³/mol. The highest BCUT2D eigenvalue weighted by atomic mass is 16.5. The predicted octanol–water partition coefficient (Wildman–Crippen LogP) is 2.88. The van der Waals surface area contributed by atoms with Gasteiger partial charge in [0.25, 0.3) is 5.71 Å². The standard InChI is InChI=1S/C17H16N2O6/c1-8-5-13(14-9(2)19-25-15(14)18-8)17(21)23-7-11-6-12(10(3)24-11)16(20)22-4/h5-6H,7H2,1-4H3. The molecule has 0 atom stereocenters. The van der Waals surface area contributed by atoms with Gasteiger partial charge >= 0.3 is 11.9 Å². The van der Waals surface area contributed by atoms with Crippen LogP contribution in [0.5, 0.6) is 0 Å². The van der Waals surface area contributed by atoms with E-state index in [9.17, 15) is 9.59 Å². The van der Waals surface area contributed by atoms with Crippen LogP contribution in [0.4, 0.5) is 0 Å². The first kappa shape index (κ1) is 16.7. The average molecular weight is 344 g/mol. The molecule has 3 aromatic heterocycles. The number of carbonyl (C=O) groups excluding carboxylic acids is 2. The van der Waals surface area contributed by atoms with E-state index in [4.69, 9.17) is 13.7 Å². The Kier molecular flexibility index (Phi) is 4.26. The topological polar surface area (TPSA) is 105 Å². The molecule has 130 valence electrons. The van der Waals surface area contributed by atoms with Crippen LogP contribution in [0.25, 0.3) is 11.1 Å². The van der Waals surface area contributed by atoms with E-state index in [0.29, 0.717) is 39.4 Å². The fourth-order valence-corrected chi connectivity index (χ4v) is 2.52. The maximum Gasteiger partial charge on any atom is 0.341 e. The van der Waals surface area contributed by atoms with Gasteiger partial charge in [-0.15, -0.1) is 0 Å². The number of aromatic nitrogens is 2. The minimum Gasteiger partial charge on any atom is -0.465 e. The SMILES string of the molecule is COC(=O)c1cc(COC(=O)c2cc(C)nc3onc(C)c23)oc1C. The van der Waals surface area contributed by atoms with Crippen LogP contribution in [0.1, 0.15) is 43.6 Å². The van der Waals surface area contributed by atoms with Gasteiger partial charge in [-0.3, -0.25) is 0 Å². The van der Waals surface area contributed by atoms with Gasteiger partial charge in [0.1, 0.15) is 23.7 Å². The molecule has 3 rings (SSSR count). The van der Waals surface area contributed by atoms with Gasteiger partial charge in [-0.1, -0.05) is 5.16 Å². The Morgan fingerprint density at radius 3 is 2.60 bits per heavy atom. The molecule has 0 bridgehead atoms. The Labute approximate surface area is 142 Å². The van der Waals surface area contributed by atoms with E-state index in [1.165, 1.54) is 13.2 Å². The molecule has 0 N–H and O–H groups in total. The molecule has 0 unspecified atom stereocenters. The van der Waals surface area contributed by atoms with Crippen molar-refractivity contribution in [1.82, 2.24) is 10.1 Å². The molecule has 3 aromatic rings. The lowest BCUT2D eigenvalue weighted by Crippen LogP contribution is -2.07. The molecule has 0 radical (unpaired) electrons. The molecule has 0 saturated carbocycles. The summed E-state index contributed by atoms with van der Waals surface area (Å²) in [5.74, 6) is -0.328. The molecule has 0 fully saturated rings. The van der Waals surface area contributed by atoms with E-state index in [0.717, 1.165) is 0 Å². The third kappa shape index (κ3) is 3.10.